The molecule has 0 amide bonds. The smallest absolute Gasteiger partial charge is 0.340 e. The molecule has 1 N–H and O–H groups in total. The highest BCUT2D eigenvalue weighted by atomic mass is 31.2. The zero-order chi connectivity index (χ0) is 20.6. The molecule has 0 bridgehead atoms. The largest absolute Gasteiger partial charge is 0.416 e. The Hall–Kier alpha value is -1.89. The molecule has 0 radical (unpaired) electrons. The van der Waals surface area contributed by atoms with Crippen LogP contribution in [-0.2, 0) is 26.2 Å². The van der Waals surface area contributed by atoms with Crippen molar-refractivity contribution in [3.8, 4) is 0 Å². The van der Waals surface area contributed by atoms with Crippen molar-refractivity contribution in [2.24, 2.45) is 0 Å². The Morgan fingerprint density at radius 1 is 1.11 bits per heavy atom. The second kappa shape index (κ2) is 10.0. The average molecular weight is 416 g/mol. The molecule has 0 saturated heterocycles. The van der Waals surface area contributed by atoms with Crippen LogP contribution < -0.4 is 5.32 Å². The summed E-state index contributed by atoms with van der Waals surface area (Å²) in [7, 11) is -3.13. The predicted octanol–water partition coefficient (Wildman–Crippen LogP) is 6.04. The zero-order valence-corrected chi connectivity index (χ0v) is 16.7. The van der Waals surface area contributed by atoms with Crippen LogP contribution in [-0.4, -0.2) is 24.4 Å². The first-order chi connectivity index (χ1) is 13.3. The molecule has 0 aliphatic heterocycles. The fourth-order valence-electron chi connectivity index (χ4n) is 2.69. The molecule has 28 heavy (non-hydrogen) atoms. The molecule has 0 unspecified atom stereocenters. The van der Waals surface area contributed by atoms with Crippen LogP contribution in [0.25, 0.3) is 0 Å². The van der Waals surface area contributed by atoms with E-state index in [1.54, 1.807) is 32.2 Å². The Labute approximate surface area is 162 Å². The van der Waals surface area contributed by atoms with Crippen LogP contribution >= 0.6 is 7.60 Å². The lowest BCUT2D eigenvalue weighted by atomic mass is 10.1. The van der Waals surface area contributed by atoms with Crippen LogP contribution in [0.15, 0.2) is 42.6 Å². The molecule has 1 aromatic heterocycles. The van der Waals surface area contributed by atoms with E-state index in [0.29, 0.717) is 37.6 Å². The van der Waals surface area contributed by atoms with Crippen molar-refractivity contribution < 1.29 is 26.8 Å². The minimum Gasteiger partial charge on any atom is -0.340 e. The van der Waals surface area contributed by atoms with E-state index in [4.69, 9.17) is 9.05 Å². The topological polar surface area (TPSA) is 60.5 Å². The number of halogens is 3. The lowest BCUT2D eigenvalue weighted by Crippen LogP contribution is -2.06. The first kappa shape index (κ1) is 22.4. The Morgan fingerprint density at radius 2 is 1.82 bits per heavy atom. The van der Waals surface area contributed by atoms with Crippen LogP contribution in [0.1, 0.15) is 31.4 Å². The number of hydrogen-bond donors (Lipinski definition) is 1. The van der Waals surface area contributed by atoms with Gasteiger partial charge in [0.15, 0.2) is 0 Å². The second-order valence-electron chi connectivity index (χ2n) is 5.99. The van der Waals surface area contributed by atoms with Crippen molar-refractivity contribution in [2.45, 2.75) is 32.9 Å². The van der Waals surface area contributed by atoms with Gasteiger partial charge in [-0.2, -0.15) is 13.2 Å². The second-order valence-corrected chi connectivity index (χ2v) is 8.17. The number of hydrogen-bond acceptors (Lipinski definition) is 5. The number of aryl methyl sites for hydroxylation is 1. The maximum Gasteiger partial charge on any atom is 0.416 e. The molecule has 1 aromatic carbocycles. The van der Waals surface area contributed by atoms with Crippen LogP contribution in [0.5, 0.6) is 0 Å². The zero-order valence-electron chi connectivity index (χ0n) is 15.8. The van der Waals surface area contributed by atoms with Gasteiger partial charge in [0.2, 0.25) is 0 Å². The van der Waals surface area contributed by atoms with Gasteiger partial charge >= 0.3 is 13.8 Å². The number of benzene rings is 1. The van der Waals surface area contributed by atoms with E-state index in [1.165, 1.54) is 6.07 Å². The van der Waals surface area contributed by atoms with Gasteiger partial charge in [0.05, 0.1) is 24.9 Å². The Kier molecular flexibility index (Phi) is 8.04. The lowest BCUT2D eigenvalue weighted by Gasteiger charge is -2.17. The quantitative estimate of drug-likeness (QED) is 0.478. The number of nitrogens with one attached hydrogen (secondary N) is 1. The van der Waals surface area contributed by atoms with Gasteiger partial charge in [-0.3, -0.25) is 4.57 Å². The maximum absolute atomic E-state index is 12.9. The minimum atomic E-state index is -4.41. The fraction of sp³-hybridized carbons (Fsp3) is 0.421. The highest BCUT2D eigenvalue weighted by Gasteiger charge is 2.30. The molecule has 5 nitrogen and oxygen atoms in total. The first-order valence-electron chi connectivity index (χ1n) is 9.03. The number of anilines is 2. The highest BCUT2D eigenvalue weighted by Crippen LogP contribution is 2.48. The van der Waals surface area contributed by atoms with Crippen molar-refractivity contribution in [3.63, 3.8) is 0 Å². The monoisotopic (exact) mass is 416 g/mol. The molecule has 0 aliphatic rings. The Morgan fingerprint density at radius 3 is 2.46 bits per heavy atom. The predicted molar refractivity (Wildman–Crippen MR) is 103 cm³/mol. The molecule has 9 heteroatoms. The summed E-state index contributed by atoms with van der Waals surface area (Å²) in [5, 5.41) is 2.94. The summed E-state index contributed by atoms with van der Waals surface area (Å²) in [5.74, 6) is 0.462. The third-order valence-electron chi connectivity index (χ3n) is 3.87. The van der Waals surface area contributed by atoms with Gasteiger partial charge in [0.1, 0.15) is 5.82 Å². The number of rotatable bonds is 10. The molecular formula is C19H24F3N2O3P. The molecule has 0 saturated carbocycles. The summed E-state index contributed by atoms with van der Waals surface area (Å²) < 4.78 is 61.8. The third kappa shape index (κ3) is 6.62. The summed E-state index contributed by atoms with van der Waals surface area (Å²) in [4.78, 5) is 4.23. The summed E-state index contributed by atoms with van der Waals surface area (Å²) in [6.07, 6.45) is -1.54. The van der Waals surface area contributed by atoms with Gasteiger partial charge in [-0.15, -0.1) is 0 Å². The van der Waals surface area contributed by atoms with E-state index in [2.05, 4.69) is 10.3 Å². The molecule has 0 spiro atoms. The van der Waals surface area contributed by atoms with Crippen molar-refractivity contribution in [3.05, 3.63) is 53.7 Å². The van der Waals surface area contributed by atoms with Crippen molar-refractivity contribution in [1.29, 1.82) is 0 Å². The number of nitrogens with zero attached hydrogens (tertiary/aromatic N) is 1. The number of aromatic nitrogens is 1. The summed E-state index contributed by atoms with van der Waals surface area (Å²) in [6.45, 7) is 4.10. The third-order valence-corrected chi connectivity index (χ3v) is 6.04. The number of pyridine rings is 1. The van der Waals surface area contributed by atoms with Crippen LogP contribution in [0, 0.1) is 0 Å². The van der Waals surface area contributed by atoms with Gasteiger partial charge in [0.25, 0.3) is 0 Å². The summed E-state index contributed by atoms with van der Waals surface area (Å²) >= 11 is 0. The van der Waals surface area contributed by atoms with E-state index in [-0.39, 0.29) is 6.16 Å². The molecule has 0 aliphatic carbocycles. The lowest BCUT2D eigenvalue weighted by molar-refractivity contribution is -0.137. The fourth-order valence-corrected chi connectivity index (χ4v) is 4.35. The molecule has 1 heterocycles. The van der Waals surface area contributed by atoms with Crippen molar-refractivity contribution in [1.82, 2.24) is 4.98 Å². The average Bonchev–Trinajstić information content (AvgIpc) is 2.63. The molecule has 154 valence electrons. The minimum absolute atomic E-state index is 0.257. The molecule has 2 aromatic rings. The summed E-state index contributed by atoms with van der Waals surface area (Å²) in [6, 6.07) is 8.52. The van der Waals surface area contributed by atoms with E-state index < -0.39 is 19.3 Å². The van der Waals surface area contributed by atoms with Crippen molar-refractivity contribution in [2.75, 3.05) is 24.7 Å². The summed E-state index contributed by atoms with van der Waals surface area (Å²) in [5.41, 5.74) is 0.368. The Bertz CT molecular complexity index is 805. The van der Waals surface area contributed by atoms with Gasteiger partial charge in [-0.25, -0.2) is 4.98 Å². The molecule has 0 atom stereocenters. The Balaban J connectivity index is 2.08. The standard InChI is InChI=1S/C19H24F3N2O3P/c1-3-26-28(25,27-4-2)13-7-9-15-8-6-12-23-18(15)24-17-11-5-10-16(14-17)19(20,21)22/h5-6,8,10-12,14H,3-4,7,9,13H2,1-2H3,(H,23,24). The van der Waals surface area contributed by atoms with E-state index in [9.17, 15) is 17.7 Å². The first-order valence-corrected chi connectivity index (χ1v) is 10.8. The van der Waals surface area contributed by atoms with Crippen LogP contribution in [0.4, 0.5) is 24.7 Å². The van der Waals surface area contributed by atoms with Crippen LogP contribution in [0.3, 0.4) is 0 Å². The van der Waals surface area contributed by atoms with Crippen LogP contribution in [0.2, 0.25) is 0 Å². The van der Waals surface area contributed by atoms with Gasteiger partial charge in [-0.1, -0.05) is 12.1 Å². The SMILES string of the molecule is CCOP(=O)(CCCc1cccnc1Nc1cccc(C(F)(F)F)c1)OCC. The van der Waals surface area contributed by atoms with Gasteiger partial charge in [-0.05, 0) is 56.5 Å². The molecule has 0 fully saturated rings. The number of alkyl halides is 3. The molecular weight excluding hydrogens is 392 g/mol. The van der Waals surface area contributed by atoms with E-state index >= 15 is 0 Å². The molecule has 2 rings (SSSR count). The maximum atomic E-state index is 12.9. The van der Waals surface area contributed by atoms with E-state index in [0.717, 1.165) is 17.7 Å². The normalized spacial score (nSPS) is 12.2. The highest BCUT2D eigenvalue weighted by molar-refractivity contribution is 7.53. The van der Waals surface area contributed by atoms with Crippen molar-refractivity contribution >= 4 is 19.1 Å². The van der Waals surface area contributed by atoms with Gasteiger partial charge in [0, 0.05) is 11.9 Å². The van der Waals surface area contributed by atoms with E-state index in [1.807, 2.05) is 6.07 Å². The van der Waals surface area contributed by atoms with Gasteiger partial charge < -0.3 is 14.4 Å².